The molecule has 9 heteroatoms. The van der Waals surface area contributed by atoms with Crippen molar-refractivity contribution in [3.8, 4) is 5.75 Å². The van der Waals surface area contributed by atoms with Crippen molar-refractivity contribution < 1.29 is 23.1 Å². The fraction of sp³-hybridized carbons (Fsp3) is 0.188. The number of benzene rings is 2. The summed E-state index contributed by atoms with van der Waals surface area (Å²) in [6, 6.07) is 7.89. The topological polar surface area (TPSA) is 45.1 Å². The number of nitrogens with zero attached hydrogens (tertiary/aromatic N) is 2. The zero-order valence-electron chi connectivity index (χ0n) is 12.5. The van der Waals surface area contributed by atoms with E-state index in [1.165, 1.54) is 29.7 Å². The highest BCUT2D eigenvalue weighted by atomic mass is 35.5. The Bertz CT molecular complexity index is 804. The first-order valence-corrected chi connectivity index (χ1v) is 7.80. The Balaban J connectivity index is 1.84. The van der Waals surface area contributed by atoms with Gasteiger partial charge in [-0.25, -0.2) is 4.99 Å². The third-order valence-electron chi connectivity index (χ3n) is 3.59. The maximum atomic E-state index is 12.8. The molecule has 1 aliphatic rings. The summed E-state index contributed by atoms with van der Waals surface area (Å²) in [5.41, 5.74) is 0.201. The summed E-state index contributed by atoms with van der Waals surface area (Å²) in [6.07, 6.45) is -3.88. The number of hydrogen-bond donors (Lipinski definition) is 1. The van der Waals surface area contributed by atoms with Gasteiger partial charge in [0.05, 0.1) is 22.2 Å². The van der Waals surface area contributed by atoms with Crippen LogP contribution >= 0.6 is 23.2 Å². The van der Waals surface area contributed by atoms with Crippen LogP contribution in [0.2, 0.25) is 10.0 Å². The van der Waals surface area contributed by atoms with Gasteiger partial charge >= 0.3 is 6.18 Å². The standard InChI is InChI=1S/C16H11Cl2F3N2O2/c17-12-5-10(6-13(18)14(12)24)15-22-8-25-23(15)7-9-2-1-3-11(4-9)16(19,20)21/h1-6,8,15,24H,7H2. The molecule has 0 spiro atoms. The van der Waals surface area contributed by atoms with E-state index in [2.05, 4.69) is 4.99 Å². The van der Waals surface area contributed by atoms with E-state index in [9.17, 15) is 18.3 Å². The molecule has 0 saturated heterocycles. The number of phenolic OH excluding ortho intramolecular Hbond substituents is 1. The second-order valence-corrected chi connectivity index (χ2v) is 6.15. The van der Waals surface area contributed by atoms with Crippen molar-refractivity contribution in [2.45, 2.75) is 18.9 Å². The molecule has 1 heterocycles. The summed E-state index contributed by atoms with van der Waals surface area (Å²) >= 11 is 11.8. The summed E-state index contributed by atoms with van der Waals surface area (Å²) < 4.78 is 38.5. The largest absolute Gasteiger partial charge is 0.505 e. The van der Waals surface area contributed by atoms with Gasteiger partial charge in [-0.2, -0.15) is 13.2 Å². The van der Waals surface area contributed by atoms with Crippen molar-refractivity contribution in [1.29, 1.82) is 0 Å². The monoisotopic (exact) mass is 390 g/mol. The summed E-state index contributed by atoms with van der Waals surface area (Å²) in [4.78, 5) is 9.40. The Hall–Kier alpha value is -1.96. The van der Waals surface area contributed by atoms with Crippen molar-refractivity contribution in [1.82, 2.24) is 5.06 Å². The van der Waals surface area contributed by atoms with Crippen LogP contribution in [0.25, 0.3) is 0 Å². The zero-order valence-corrected chi connectivity index (χ0v) is 14.0. The third-order valence-corrected chi connectivity index (χ3v) is 4.16. The number of aliphatic imine (C=N–C) groups is 1. The van der Waals surface area contributed by atoms with Crippen LogP contribution in [0.1, 0.15) is 22.9 Å². The maximum Gasteiger partial charge on any atom is 0.416 e. The number of hydrogen-bond acceptors (Lipinski definition) is 4. The lowest BCUT2D eigenvalue weighted by Crippen LogP contribution is -2.22. The van der Waals surface area contributed by atoms with Crippen LogP contribution < -0.4 is 0 Å². The van der Waals surface area contributed by atoms with E-state index in [1.807, 2.05) is 0 Å². The molecule has 1 aliphatic heterocycles. The van der Waals surface area contributed by atoms with Gasteiger partial charge in [0.15, 0.2) is 18.3 Å². The smallest absolute Gasteiger partial charge is 0.416 e. The summed E-state index contributed by atoms with van der Waals surface area (Å²) in [5, 5.41) is 11.1. The van der Waals surface area contributed by atoms with E-state index in [0.717, 1.165) is 12.1 Å². The second kappa shape index (κ2) is 6.74. The van der Waals surface area contributed by atoms with E-state index in [1.54, 1.807) is 6.07 Å². The van der Waals surface area contributed by atoms with Gasteiger partial charge in [0.1, 0.15) is 0 Å². The second-order valence-electron chi connectivity index (χ2n) is 5.34. The van der Waals surface area contributed by atoms with Crippen LogP contribution in [-0.2, 0) is 17.6 Å². The average molecular weight is 391 g/mol. The number of rotatable bonds is 3. The molecule has 3 rings (SSSR count). The predicted molar refractivity (Wildman–Crippen MR) is 87.4 cm³/mol. The molecule has 132 valence electrons. The molecule has 0 bridgehead atoms. The Morgan fingerprint density at radius 2 is 1.84 bits per heavy atom. The lowest BCUT2D eigenvalue weighted by molar-refractivity contribution is -0.137. The van der Waals surface area contributed by atoms with Crippen LogP contribution in [0.4, 0.5) is 13.2 Å². The molecule has 0 amide bonds. The highest BCUT2D eigenvalue weighted by Gasteiger charge is 2.31. The molecule has 4 nitrogen and oxygen atoms in total. The van der Waals surface area contributed by atoms with E-state index < -0.39 is 17.9 Å². The Kier molecular flexibility index (Phi) is 4.81. The van der Waals surface area contributed by atoms with Gasteiger partial charge in [-0.3, -0.25) is 0 Å². The highest BCUT2D eigenvalue weighted by Crippen LogP contribution is 2.38. The van der Waals surface area contributed by atoms with Gasteiger partial charge in [0.2, 0.25) is 0 Å². The van der Waals surface area contributed by atoms with Crippen LogP contribution in [0, 0.1) is 0 Å². The molecule has 1 unspecified atom stereocenters. The molecular weight excluding hydrogens is 380 g/mol. The lowest BCUT2D eigenvalue weighted by Gasteiger charge is -2.22. The van der Waals surface area contributed by atoms with E-state index >= 15 is 0 Å². The molecule has 2 aromatic rings. The molecule has 0 aromatic heterocycles. The van der Waals surface area contributed by atoms with Gasteiger partial charge in [0.25, 0.3) is 0 Å². The summed E-state index contributed by atoms with van der Waals surface area (Å²) in [7, 11) is 0. The Morgan fingerprint density at radius 3 is 2.48 bits per heavy atom. The van der Waals surface area contributed by atoms with Gasteiger partial charge in [-0.1, -0.05) is 41.4 Å². The van der Waals surface area contributed by atoms with Gasteiger partial charge in [-0.05, 0) is 29.3 Å². The van der Waals surface area contributed by atoms with Crippen LogP contribution in [-0.4, -0.2) is 16.6 Å². The first-order chi connectivity index (χ1) is 11.8. The molecule has 2 aromatic carbocycles. The molecule has 1 atom stereocenters. The van der Waals surface area contributed by atoms with Gasteiger partial charge < -0.3 is 9.94 Å². The molecule has 1 N–H and O–H groups in total. The molecule has 25 heavy (non-hydrogen) atoms. The van der Waals surface area contributed by atoms with Gasteiger partial charge in [-0.15, -0.1) is 5.06 Å². The third kappa shape index (κ3) is 3.84. The minimum Gasteiger partial charge on any atom is -0.505 e. The molecule has 0 aliphatic carbocycles. The van der Waals surface area contributed by atoms with Crippen LogP contribution in [0.5, 0.6) is 5.75 Å². The van der Waals surface area contributed by atoms with Crippen molar-refractivity contribution in [2.75, 3.05) is 0 Å². The zero-order chi connectivity index (χ0) is 18.2. The van der Waals surface area contributed by atoms with Gasteiger partial charge in [0, 0.05) is 0 Å². The summed E-state index contributed by atoms with van der Waals surface area (Å²) in [5.74, 6) is -0.251. The molecular formula is C16H11Cl2F3N2O2. The number of alkyl halides is 3. The number of phenols is 1. The highest BCUT2D eigenvalue weighted by molar-refractivity contribution is 6.37. The van der Waals surface area contributed by atoms with Crippen LogP contribution in [0.3, 0.4) is 0 Å². The normalized spacial score (nSPS) is 17.7. The number of aromatic hydroxyl groups is 1. The molecule has 0 fully saturated rings. The minimum atomic E-state index is -4.42. The summed E-state index contributed by atoms with van der Waals surface area (Å²) in [6.45, 7) is 0.0602. The SMILES string of the molecule is Oc1c(Cl)cc(C2N=CON2Cc2cccc(C(F)(F)F)c2)cc1Cl. The maximum absolute atomic E-state index is 12.8. The van der Waals surface area contributed by atoms with Crippen molar-refractivity contribution in [2.24, 2.45) is 4.99 Å². The lowest BCUT2D eigenvalue weighted by atomic mass is 10.1. The van der Waals surface area contributed by atoms with Crippen LogP contribution in [0.15, 0.2) is 41.4 Å². The van der Waals surface area contributed by atoms with E-state index in [-0.39, 0.29) is 22.3 Å². The van der Waals surface area contributed by atoms with E-state index in [4.69, 9.17) is 28.0 Å². The van der Waals surface area contributed by atoms with E-state index in [0.29, 0.717) is 11.1 Å². The number of halogens is 5. The minimum absolute atomic E-state index is 0.0450. The molecule has 0 saturated carbocycles. The average Bonchev–Trinajstić information content (AvgIpc) is 2.99. The Labute approximate surface area is 151 Å². The first kappa shape index (κ1) is 17.8. The van der Waals surface area contributed by atoms with Crippen molar-refractivity contribution in [3.05, 3.63) is 63.1 Å². The number of hydroxylamine groups is 2. The first-order valence-electron chi connectivity index (χ1n) is 7.05. The van der Waals surface area contributed by atoms with Crippen molar-refractivity contribution >= 4 is 29.6 Å². The Morgan fingerprint density at radius 1 is 1.16 bits per heavy atom. The fourth-order valence-electron chi connectivity index (χ4n) is 2.41. The van der Waals surface area contributed by atoms with Crippen molar-refractivity contribution in [3.63, 3.8) is 0 Å². The predicted octanol–water partition coefficient (Wildman–Crippen LogP) is 5.19. The fourth-order valence-corrected chi connectivity index (χ4v) is 2.92. The quantitative estimate of drug-likeness (QED) is 0.783. The molecule has 0 radical (unpaired) electrons.